The lowest BCUT2D eigenvalue weighted by atomic mass is 9.92. The van der Waals surface area contributed by atoms with Crippen LogP contribution in [0.1, 0.15) is 40.9 Å². The SMILES string of the molecule is CCc1ccccc1NC(=O)N1CCc2c([nH]c3ccc(Cl)cc23)C1c1ccc(C)cc1. The molecule has 1 aromatic heterocycles. The number of para-hydroxylation sites is 1. The van der Waals surface area contributed by atoms with Crippen LogP contribution in [0.25, 0.3) is 10.9 Å². The van der Waals surface area contributed by atoms with Crippen molar-refractivity contribution in [2.24, 2.45) is 0 Å². The molecule has 0 saturated heterocycles. The summed E-state index contributed by atoms with van der Waals surface area (Å²) in [7, 11) is 0. The summed E-state index contributed by atoms with van der Waals surface area (Å²) in [5, 5.41) is 5.03. The number of fused-ring (bicyclic) bond motifs is 3. The molecule has 2 heterocycles. The highest BCUT2D eigenvalue weighted by Gasteiger charge is 2.34. The molecule has 0 bridgehead atoms. The first-order chi connectivity index (χ1) is 15.5. The Morgan fingerprint density at radius 2 is 1.91 bits per heavy atom. The van der Waals surface area contributed by atoms with Crippen molar-refractivity contribution in [3.05, 3.63) is 99.7 Å². The van der Waals surface area contributed by atoms with Crippen molar-refractivity contribution in [2.75, 3.05) is 11.9 Å². The van der Waals surface area contributed by atoms with Crippen molar-refractivity contribution in [3.63, 3.8) is 0 Å². The number of nitrogens with zero attached hydrogens (tertiary/aromatic N) is 1. The Morgan fingerprint density at radius 1 is 1.12 bits per heavy atom. The van der Waals surface area contributed by atoms with Gasteiger partial charge in [-0.2, -0.15) is 0 Å². The van der Waals surface area contributed by atoms with Crippen molar-refractivity contribution in [2.45, 2.75) is 32.7 Å². The van der Waals surface area contributed by atoms with Gasteiger partial charge in [0.1, 0.15) is 0 Å². The zero-order chi connectivity index (χ0) is 22.2. The molecule has 0 spiro atoms. The second kappa shape index (κ2) is 8.36. The fourth-order valence-corrected chi connectivity index (χ4v) is 4.88. The number of anilines is 1. The topological polar surface area (TPSA) is 48.1 Å². The van der Waals surface area contributed by atoms with Crippen molar-refractivity contribution in [1.82, 2.24) is 9.88 Å². The Hall–Kier alpha value is -3.24. The number of hydrogen-bond donors (Lipinski definition) is 2. The van der Waals surface area contributed by atoms with E-state index in [9.17, 15) is 4.79 Å². The highest BCUT2D eigenvalue weighted by Crippen LogP contribution is 2.39. The van der Waals surface area contributed by atoms with E-state index in [1.807, 2.05) is 41.3 Å². The number of hydrogen-bond acceptors (Lipinski definition) is 1. The largest absolute Gasteiger partial charge is 0.356 e. The van der Waals surface area contributed by atoms with Gasteiger partial charge in [-0.25, -0.2) is 4.79 Å². The van der Waals surface area contributed by atoms with E-state index < -0.39 is 0 Å². The zero-order valence-corrected chi connectivity index (χ0v) is 19.0. The minimum Gasteiger partial charge on any atom is -0.356 e. The van der Waals surface area contributed by atoms with Crippen molar-refractivity contribution in [1.29, 1.82) is 0 Å². The van der Waals surface area contributed by atoms with Crippen LogP contribution in [0.2, 0.25) is 5.02 Å². The summed E-state index contributed by atoms with van der Waals surface area (Å²) in [6.45, 7) is 4.81. The number of benzene rings is 3. The van der Waals surface area contributed by atoms with Crippen LogP contribution in [0.5, 0.6) is 0 Å². The number of aromatic amines is 1. The molecule has 1 atom stereocenters. The highest BCUT2D eigenvalue weighted by atomic mass is 35.5. The van der Waals surface area contributed by atoms with Crippen molar-refractivity contribution in [3.8, 4) is 0 Å². The second-order valence-electron chi connectivity index (χ2n) is 8.40. The molecule has 1 unspecified atom stereocenters. The maximum atomic E-state index is 13.5. The summed E-state index contributed by atoms with van der Waals surface area (Å²) in [6.07, 6.45) is 1.64. The molecule has 162 valence electrons. The van der Waals surface area contributed by atoms with Gasteiger partial charge in [0.25, 0.3) is 0 Å². The maximum absolute atomic E-state index is 13.5. The molecule has 3 aromatic carbocycles. The van der Waals surface area contributed by atoms with Crippen LogP contribution in [-0.4, -0.2) is 22.5 Å². The van der Waals surface area contributed by atoms with Crippen LogP contribution < -0.4 is 5.32 Å². The molecule has 4 nitrogen and oxygen atoms in total. The van der Waals surface area contributed by atoms with Gasteiger partial charge in [-0.05, 0) is 60.7 Å². The molecule has 32 heavy (non-hydrogen) atoms. The van der Waals surface area contributed by atoms with Gasteiger partial charge in [-0.1, -0.05) is 66.6 Å². The van der Waals surface area contributed by atoms with Crippen LogP contribution in [-0.2, 0) is 12.8 Å². The van der Waals surface area contributed by atoms with E-state index in [1.165, 1.54) is 11.1 Å². The fraction of sp³-hybridized carbons (Fsp3) is 0.222. The van der Waals surface area contributed by atoms with Gasteiger partial charge in [0.2, 0.25) is 0 Å². The van der Waals surface area contributed by atoms with Gasteiger partial charge >= 0.3 is 6.03 Å². The second-order valence-corrected chi connectivity index (χ2v) is 8.84. The average molecular weight is 444 g/mol. The van der Waals surface area contributed by atoms with Gasteiger partial charge in [0.05, 0.1) is 6.04 Å². The van der Waals surface area contributed by atoms with E-state index in [-0.39, 0.29) is 12.1 Å². The number of carbonyl (C=O) groups is 1. The molecule has 5 heteroatoms. The Kier molecular flexibility index (Phi) is 5.40. The smallest absolute Gasteiger partial charge is 0.322 e. The van der Waals surface area contributed by atoms with Crippen molar-refractivity contribution >= 4 is 34.2 Å². The van der Waals surface area contributed by atoms with Gasteiger partial charge in [0, 0.05) is 33.9 Å². The van der Waals surface area contributed by atoms with E-state index in [0.717, 1.165) is 51.3 Å². The molecule has 1 aliphatic rings. The maximum Gasteiger partial charge on any atom is 0.322 e. The predicted molar refractivity (Wildman–Crippen MR) is 132 cm³/mol. The molecule has 0 fully saturated rings. The number of H-pyrrole nitrogens is 1. The minimum absolute atomic E-state index is 0.0844. The summed E-state index contributed by atoms with van der Waals surface area (Å²) in [5.41, 5.74) is 7.65. The first kappa shape index (κ1) is 20.7. The number of nitrogens with one attached hydrogen (secondary N) is 2. The molecular formula is C27H26ClN3O. The van der Waals surface area contributed by atoms with Crippen LogP contribution in [0.3, 0.4) is 0 Å². The molecule has 1 aliphatic heterocycles. The number of carbonyl (C=O) groups excluding carboxylic acids is 1. The van der Waals surface area contributed by atoms with E-state index in [1.54, 1.807) is 0 Å². The van der Waals surface area contributed by atoms with Crippen LogP contribution >= 0.6 is 11.6 Å². The molecule has 0 aliphatic carbocycles. The number of halogens is 1. The Morgan fingerprint density at radius 3 is 2.69 bits per heavy atom. The molecule has 2 N–H and O–H groups in total. The molecule has 4 aromatic rings. The van der Waals surface area contributed by atoms with E-state index in [2.05, 4.69) is 54.5 Å². The van der Waals surface area contributed by atoms with E-state index in [0.29, 0.717) is 6.54 Å². The monoisotopic (exact) mass is 443 g/mol. The predicted octanol–water partition coefficient (Wildman–Crippen LogP) is 6.87. The third-order valence-corrected chi connectivity index (χ3v) is 6.62. The van der Waals surface area contributed by atoms with Gasteiger partial charge < -0.3 is 15.2 Å². The van der Waals surface area contributed by atoms with E-state index >= 15 is 0 Å². The summed E-state index contributed by atoms with van der Waals surface area (Å²) in [5.74, 6) is 0. The molecule has 5 rings (SSSR count). The number of urea groups is 1. The number of rotatable bonds is 3. The molecular weight excluding hydrogens is 418 g/mol. The summed E-state index contributed by atoms with van der Waals surface area (Å²) < 4.78 is 0. The van der Waals surface area contributed by atoms with Crippen LogP contribution in [0.4, 0.5) is 10.5 Å². The Balaban J connectivity index is 1.58. The van der Waals surface area contributed by atoms with Gasteiger partial charge in [-0.3, -0.25) is 0 Å². The normalized spacial score (nSPS) is 15.6. The average Bonchev–Trinajstić information content (AvgIpc) is 3.17. The van der Waals surface area contributed by atoms with Crippen LogP contribution in [0.15, 0.2) is 66.7 Å². The Labute approximate surface area is 193 Å². The van der Waals surface area contributed by atoms with Crippen molar-refractivity contribution < 1.29 is 4.79 Å². The lowest BCUT2D eigenvalue weighted by Gasteiger charge is -2.36. The zero-order valence-electron chi connectivity index (χ0n) is 18.3. The number of aromatic nitrogens is 1. The van der Waals surface area contributed by atoms with Crippen LogP contribution in [0, 0.1) is 6.92 Å². The third kappa shape index (κ3) is 3.65. The first-order valence-electron chi connectivity index (χ1n) is 11.1. The summed E-state index contributed by atoms with van der Waals surface area (Å²) in [4.78, 5) is 19.1. The summed E-state index contributed by atoms with van der Waals surface area (Å²) >= 11 is 6.30. The number of amides is 2. The summed E-state index contributed by atoms with van der Waals surface area (Å²) in [6, 6.07) is 22.1. The highest BCUT2D eigenvalue weighted by molar-refractivity contribution is 6.31. The molecule has 2 amide bonds. The molecule has 0 saturated carbocycles. The van der Waals surface area contributed by atoms with Gasteiger partial charge in [-0.15, -0.1) is 0 Å². The van der Waals surface area contributed by atoms with E-state index in [4.69, 9.17) is 11.6 Å². The third-order valence-electron chi connectivity index (χ3n) is 6.38. The molecule has 0 radical (unpaired) electrons. The fourth-order valence-electron chi connectivity index (χ4n) is 4.71. The standard InChI is InChI=1S/C27H26ClN3O/c1-3-18-6-4-5-7-23(18)30-27(32)31-15-14-21-22-16-20(28)12-13-24(22)29-25(21)26(31)19-10-8-17(2)9-11-19/h4-13,16,26,29H,3,14-15H2,1-2H3,(H,30,32). The first-order valence-corrected chi connectivity index (χ1v) is 11.4. The quantitative estimate of drug-likeness (QED) is 0.356. The Bertz CT molecular complexity index is 1290. The minimum atomic E-state index is -0.195. The van der Waals surface area contributed by atoms with Gasteiger partial charge in [0.15, 0.2) is 0 Å². The number of aryl methyl sites for hydroxylation is 2. The lowest BCUT2D eigenvalue weighted by Crippen LogP contribution is -2.43. The lowest BCUT2D eigenvalue weighted by molar-refractivity contribution is 0.193.